The van der Waals surface area contributed by atoms with Crippen LogP contribution in [0.15, 0.2) is 44.7 Å². The molecule has 6 aliphatic rings. The maximum Gasteiger partial charge on any atom is 1.00 e. The van der Waals surface area contributed by atoms with E-state index in [9.17, 15) is 19.8 Å². The summed E-state index contributed by atoms with van der Waals surface area (Å²) in [5.74, 6) is -1.42. The van der Waals surface area contributed by atoms with Gasteiger partial charge in [-0.3, -0.25) is 9.59 Å². The van der Waals surface area contributed by atoms with Gasteiger partial charge in [-0.25, -0.2) is 0 Å². The first kappa shape index (κ1) is 42.3. The Morgan fingerprint density at radius 2 is 0.941 bits per heavy atom. The molecule has 2 saturated heterocycles. The number of aliphatic hydroxyl groups is 2. The molecule has 13 heteroatoms. The molecule has 0 amide bonds. The van der Waals surface area contributed by atoms with Gasteiger partial charge in [0.1, 0.15) is 11.5 Å². The van der Waals surface area contributed by atoms with Crippen molar-refractivity contribution in [3.05, 3.63) is 78.1 Å². The fraction of sp³-hybridized carbons (Fsp3) is 0.526. The van der Waals surface area contributed by atoms with E-state index in [1.54, 1.807) is 0 Å². The van der Waals surface area contributed by atoms with Crippen LogP contribution >= 0.6 is 31.9 Å². The minimum Gasteiger partial charge on any atom is -0.870 e. The van der Waals surface area contributed by atoms with Gasteiger partial charge in [-0.2, -0.15) is 0 Å². The molecule has 0 aromatic heterocycles. The number of Topliss-reactive ketones (excluding diaryl/α,β-unsaturated/α-hetero) is 2. The summed E-state index contributed by atoms with van der Waals surface area (Å²) in [7, 11) is 0. The SMILES string of the molecule is Cc1cc(C)c(C2=C(O)C3CC4(CCC3C2=O)OCCO4)c(Br)c1.Cc1cc(C)c(C2=C(O)C3CC4(CCC3C2=O)OCCO4)c(Br)c1.[Na+].[OH-].[OH-]. The van der Waals surface area contributed by atoms with Crippen LogP contribution in [0.2, 0.25) is 0 Å². The van der Waals surface area contributed by atoms with Crippen LogP contribution in [0.5, 0.6) is 0 Å². The molecule has 4 aliphatic carbocycles. The van der Waals surface area contributed by atoms with E-state index in [1.165, 1.54) is 0 Å². The zero-order valence-electron chi connectivity index (χ0n) is 29.7. The summed E-state index contributed by atoms with van der Waals surface area (Å²) in [5.41, 5.74) is 6.83. The number of aliphatic hydroxyl groups excluding tert-OH is 2. The maximum absolute atomic E-state index is 13.0. The standard InChI is InChI=1S/2C19H21BrO4.Na.2H2O/c2*1-10-7-11(2)15(14(20)8-10)16-17(21)12-3-4-19(23-5-6-24-19)9-13(12)18(16)22;;;/h2*7-8,12-13,22H,3-6,9H2,1-2H3;;2*1H2/q;;+1;;/p-2. The summed E-state index contributed by atoms with van der Waals surface area (Å²) >= 11 is 7.15. The number of benzene rings is 2. The molecule has 4 atom stereocenters. The van der Waals surface area contributed by atoms with Gasteiger partial charge >= 0.3 is 29.6 Å². The molecule has 272 valence electrons. The van der Waals surface area contributed by atoms with Crippen LogP contribution < -0.4 is 29.6 Å². The Kier molecular flexibility index (Phi) is 13.4. The molecule has 2 aromatic carbocycles. The van der Waals surface area contributed by atoms with E-state index >= 15 is 0 Å². The van der Waals surface area contributed by atoms with Gasteiger partial charge < -0.3 is 40.1 Å². The van der Waals surface area contributed by atoms with Crippen molar-refractivity contribution in [2.24, 2.45) is 23.7 Å². The number of halogens is 2. The molecule has 2 aliphatic heterocycles. The normalized spacial score (nSPS) is 27.0. The second-order valence-corrected chi connectivity index (χ2v) is 16.0. The molecule has 2 saturated carbocycles. The third kappa shape index (κ3) is 7.50. The predicted molar refractivity (Wildman–Crippen MR) is 191 cm³/mol. The summed E-state index contributed by atoms with van der Waals surface area (Å²) in [6.45, 7) is 10.4. The zero-order chi connectivity index (χ0) is 34.1. The number of carbonyl (C=O) groups excluding carboxylic acids is 2. The van der Waals surface area contributed by atoms with E-state index in [4.69, 9.17) is 18.9 Å². The van der Waals surface area contributed by atoms with E-state index in [0.29, 0.717) is 76.1 Å². The molecule has 4 N–H and O–H groups in total. The molecule has 8 rings (SSSR count). The number of rotatable bonds is 2. The summed E-state index contributed by atoms with van der Waals surface area (Å²) < 4.78 is 24.9. The monoisotopic (exact) mass is 841 g/mol. The van der Waals surface area contributed by atoms with Crippen molar-refractivity contribution in [1.82, 2.24) is 0 Å². The molecule has 51 heavy (non-hydrogen) atoms. The van der Waals surface area contributed by atoms with Gasteiger partial charge in [-0.1, -0.05) is 44.0 Å². The Morgan fingerprint density at radius 1 is 0.608 bits per heavy atom. The van der Waals surface area contributed by atoms with Gasteiger partial charge in [-0.05, 0) is 74.9 Å². The first-order valence-electron chi connectivity index (χ1n) is 16.9. The van der Waals surface area contributed by atoms with Gasteiger partial charge in [0.2, 0.25) is 0 Å². The summed E-state index contributed by atoms with van der Waals surface area (Å²) in [4.78, 5) is 26.0. The van der Waals surface area contributed by atoms with E-state index in [0.717, 1.165) is 42.3 Å². The average Bonchev–Trinajstić information content (AvgIpc) is 3.78. The van der Waals surface area contributed by atoms with Gasteiger partial charge in [0.25, 0.3) is 0 Å². The minimum atomic E-state index is -0.607. The number of ketones is 2. The van der Waals surface area contributed by atoms with Crippen LogP contribution in [-0.4, -0.2) is 70.7 Å². The molecule has 2 heterocycles. The number of ether oxygens (including phenoxy) is 4. The number of hydrogen-bond donors (Lipinski definition) is 2. The van der Waals surface area contributed by atoms with E-state index in [1.807, 2.05) is 52.0 Å². The smallest absolute Gasteiger partial charge is 0.870 e. The topological polar surface area (TPSA) is 172 Å². The van der Waals surface area contributed by atoms with E-state index in [2.05, 4.69) is 31.9 Å². The molecule has 0 bridgehead atoms. The molecule has 2 aromatic rings. The molecule has 4 unspecified atom stereocenters. The van der Waals surface area contributed by atoms with Gasteiger partial charge in [0.15, 0.2) is 23.1 Å². The van der Waals surface area contributed by atoms with Crippen molar-refractivity contribution in [2.45, 2.75) is 77.8 Å². The Hall–Kier alpha value is -1.42. The van der Waals surface area contributed by atoms with Crippen molar-refractivity contribution in [3.63, 3.8) is 0 Å². The van der Waals surface area contributed by atoms with Crippen LogP contribution in [0.25, 0.3) is 11.1 Å². The number of carbonyl (C=O) groups is 2. The van der Waals surface area contributed by atoms with E-state index in [-0.39, 0.29) is 87.3 Å². The third-order valence-electron chi connectivity index (χ3n) is 11.1. The molecule has 2 spiro atoms. The second-order valence-electron chi connectivity index (χ2n) is 14.3. The van der Waals surface area contributed by atoms with Crippen molar-refractivity contribution in [3.8, 4) is 0 Å². The third-order valence-corrected chi connectivity index (χ3v) is 12.3. The van der Waals surface area contributed by atoms with Gasteiger partial charge in [0.05, 0.1) is 37.6 Å². The molecule has 4 fully saturated rings. The second kappa shape index (κ2) is 16.1. The van der Waals surface area contributed by atoms with Crippen molar-refractivity contribution in [2.75, 3.05) is 26.4 Å². The Balaban J connectivity index is 0.000000216. The van der Waals surface area contributed by atoms with Gasteiger partial charge in [0, 0.05) is 69.4 Å². The maximum atomic E-state index is 13.0. The fourth-order valence-corrected chi connectivity index (χ4v) is 10.7. The largest absolute Gasteiger partial charge is 1.00 e. The molecule has 0 radical (unpaired) electrons. The van der Waals surface area contributed by atoms with Gasteiger partial charge in [-0.15, -0.1) is 0 Å². The van der Waals surface area contributed by atoms with Crippen molar-refractivity contribution >= 4 is 54.6 Å². The predicted octanol–water partition coefficient (Wildman–Crippen LogP) is 4.80. The molecular weight excluding hydrogens is 799 g/mol. The van der Waals surface area contributed by atoms with Crippen molar-refractivity contribution in [1.29, 1.82) is 0 Å². The fourth-order valence-electron chi connectivity index (χ4n) is 8.99. The number of allylic oxidation sites excluding steroid dienone is 4. The summed E-state index contributed by atoms with van der Waals surface area (Å²) in [6, 6.07) is 8.06. The Morgan fingerprint density at radius 3 is 1.25 bits per heavy atom. The first-order valence-corrected chi connectivity index (χ1v) is 18.5. The van der Waals surface area contributed by atoms with Crippen LogP contribution in [0.4, 0.5) is 0 Å². The van der Waals surface area contributed by atoms with E-state index < -0.39 is 11.6 Å². The molecular formula is C38H44Br2NaO10-. The average molecular weight is 844 g/mol. The quantitative estimate of drug-likeness (QED) is 0.401. The summed E-state index contributed by atoms with van der Waals surface area (Å²) in [6.07, 6.45) is 3.94. The van der Waals surface area contributed by atoms with Crippen LogP contribution in [0.1, 0.15) is 71.9 Å². The summed E-state index contributed by atoms with van der Waals surface area (Å²) in [5, 5.41) is 21.8. The Labute approximate surface area is 337 Å². The minimum absolute atomic E-state index is 0. The van der Waals surface area contributed by atoms with Crippen LogP contribution in [0.3, 0.4) is 0 Å². The van der Waals surface area contributed by atoms with Crippen LogP contribution in [0, 0.1) is 51.4 Å². The molecule has 10 nitrogen and oxygen atoms in total. The first-order chi connectivity index (χ1) is 22.8. The zero-order valence-corrected chi connectivity index (χ0v) is 34.9. The number of aryl methyl sites for hydroxylation is 4. The number of hydrogen-bond acceptors (Lipinski definition) is 10. The Bertz CT molecular complexity index is 1580. The van der Waals surface area contributed by atoms with Crippen molar-refractivity contribution < 1.29 is 79.3 Å². The number of fused-ring (bicyclic) bond motifs is 2. The van der Waals surface area contributed by atoms with Crippen LogP contribution in [-0.2, 0) is 28.5 Å².